The number of hydrogen-bond acceptors (Lipinski definition) is 1. The smallest absolute Gasteiger partial charge is 0.447 e. The summed E-state index contributed by atoms with van der Waals surface area (Å²) in [6.45, 7) is 0. The van der Waals surface area contributed by atoms with Crippen LogP contribution < -0.4 is 4.74 Å². The van der Waals surface area contributed by atoms with Gasteiger partial charge in [0.2, 0.25) is 0 Å². The van der Waals surface area contributed by atoms with E-state index < -0.39 is 29.9 Å². The number of benzene rings is 1. The first-order chi connectivity index (χ1) is 9.22. The molecule has 0 radical (unpaired) electrons. The van der Waals surface area contributed by atoms with Crippen molar-refractivity contribution in [3.8, 4) is 5.75 Å². The van der Waals surface area contributed by atoms with Crippen LogP contribution in [0.4, 0.5) is 39.5 Å². The zero-order chi connectivity index (χ0) is 16.7. The highest BCUT2D eigenvalue weighted by molar-refractivity contribution is 9.10. The maximum atomic E-state index is 12.6. The molecule has 0 N–H and O–H groups in total. The second-order valence-electron chi connectivity index (χ2n) is 3.73. The van der Waals surface area contributed by atoms with Gasteiger partial charge in [-0.15, -0.1) is 0 Å². The Balaban J connectivity index is 3.47. The van der Waals surface area contributed by atoms with Crippen molar-refractivity contribution in [3.05, 3.63) is 28.7 Å². The molecule has 0 aromatic heterocycles. The van der Waals surface area contributed by atoms with Gasteiger partial charge in [0.25, 0.3) is 0 Å². The standard InChI is InChI=1S/C10H4BrF9O/c11-5-1-3-6(4-2-5)21-7(8(12,13)14,9(15,16)17)10(18,19)20/h1-4H. The molecule has 1 aromatic rings. The van der Waals surface area contributed by atoms with Gasteiger partial charge in [0.1, 0.15) is 5.75 Å². The number of alkyl halides is 9. The summed E-state index contributed by atoms with van der Waals surface area (Å²) in [6, 6.07) is 2.95. The molecule has 0 heterocycles. The summed E-state index contributed by atoms with van der Waals surface area (Å²) in [5, 5.41) is 0. The molecule has 0 bridgehead atoms. The molecule has 0 amide bonds. The Morgan fingerprint density at radius 3 is 1.29 bits per heavy atom. The average molecular weight is 391 g/mol. The third-order valence-corrected chi connectivity index (χ3v) is 2.81. The largest absolute Gasteiger partial charge is 0.462 e. The molecule has 0 fully saturated rings. The molecule has 1 aromatic carbocycles. The summed E-state index contributed by atoms with van der Waals surface area (Å²) in [5.74, 6) is -1.23. The molecule has 0 saturated heterocycles. The van der Waals surface area contributed by atoms with Crippen molar-refractivity contribution in [2.45, 2.75) is 24.1 Å². The fourth-order valence-corrected chi connectivity index (χ4v) is 1.60. The summed E-state index contributed by atoms with van der Waals surface area (Å²) < 4.78 is 117. The van der Waals surface area contributed by atoms with Gasteiger partial charge < -0.3 is 4.74 Å². The van der Waals surface area contributed by atoms with Gasteiger partial charge >= 0.3 is 24.1 Å². The van der Waals surface area contributed by atoms with Crippen molar-refractivity contribution in [3.63, 3.8) is 0 Å². The lowest BCUT2D eigenvalue weighted by molar-refractivity contribution is -0.436. The molecule has 1 rings (SSSR count). The highest BCUT2D eigenvalue weighted by atomic mass is 79.9. The van der Waals surface area contributed by atoms with Gasteiger partial charge in [-0.05, 0) is 24.3 Å². The Morgan fingerprint density at radius 1 is 0.667 bits per heavy atom. The van der Waals surface area contributed by atoms with Crippen LogP contribution in [0, 0.1) is 0 Å². The second-order valence-corrected chi connectivity index (χ2v) is 4.65. The minimum absolute atomic E-state index is 0.228. The van der Waals surface area contributed by atoms with Crippen LogP contribution in [0.15, 0.2) is 28.7 Å². The van der Waals surface area contributed by atoms with E-state index in [0.29, 0.717) is 12.1 Å². The number of rotatable bonds is 2. The molecule has 0 unspecified atom stereocenters. The lowest BCUT2D eigenvalue weighted by Crippen LogP contribution is -2.69. The lowest BCUT2D eigenvalue weighted by atomic mass is 10.0. The maximum absolute atomic E-state index is 12.6. The third kappa shape index (κ3) is 3.22. The predicted octanol–water partition coefficient (Wildman–Crippen LogP) is 5.25. The summed E-state index contributed by atoms with van der Waals surface area (Å²) >= 11 is 2.82. The molecule has 0 spiro atoms. The quantitative estimate of drug-likeness (QED) is 0.626. The third-order valence-electron chi connectivity index (χ3n) is 2.28. The minimum atomic E-state index is -6.75. The van der Waals surface area contributed by atoms with Crippen molar-refractivity contribution in [2.75, 3.05) is 0 Å². The Morgan fingerprint density at radius 2 is 1.00 bits per heavy atom. The van der Waals surface area contributed by atoms with E-state index in [1.54, 1.807) is 0 Å². The maximum Gasteiger partial charge on any atom is 0.447 e. The molecule has 21 heavy (non-hydrogen) atoms. The minimum Gasteiger partial charge on any atom is -0.462 e. The van der Waals surface area contributed by atoms with Crippen LogP contribution in [-0.2, 0) is 0 Å². The highest BCUT2D eigenvalue weighted by Crippen LogP contribution is 2.54. The molecule has 120 valence electrons. The van der Waals surface area contributed by atoms with Crippen molar-refractivity contribution < 1.29 is 44.3 Å². The van der Waals surface area contributed by atoms with Crippen LogP contribution in [0.25, 0.3) is 0 Å². The fraction of sp³-hybridized carbons (Fsp3) is 0.400. The summed E-state index contributed by atoms with van der Waals surface area (Å²) in [6.07, 6.45) is -20.3. The van der Waals surface area contributed by atoms with Gasteiger partial charge in [0.05, 0.1) is 0 Å². The molecular formula is C10H4BrF9O. The van der Waals surface area contributed by atoms with Gasteiger partial charge in [-0.1, -0.05) is 15.9 Å². The monoisotopic (exact) mass is 390 g/mol. The molecular weight excluding hydrogens is 387 g/mol. The molecule has 0 aliphatic heterocycles. The first-order valence-corrected chi connectivity index (χ1v) is 5.66. The topological polar surface area (TPSA) is 9.23 Å². The Hall–Kier alpha value is -1.13. The number of halogens is 10. The van der Waals surface area contributed by atoms with Crippen LogP contribution in [0.3, 0.4) is 0 Å². The van der Waals surface area contributed by atoms with Gasteiger partial charge in [0, 0.05) is 4.47 Å². The highest BCUT2D eigenvalue weighted by Gasteiger charge is 2.86. The van der Waals surface area contributed by atoms with E-state index in [-0.39, 0.29) is 4.47 Å². The first kappa shape index (κ1) is 17.9. The van der Waals surface area contributed by atoms with Crippen LogP contribution >= 0.6 is 15.9 Å². The molecule has 1 nitrogen and oxygen atoms in total. The lowest BCUT2D eigenvalue weighted by Gasteiger charge is -2.38. The van der Waals surface area contributed by atoms with E-state index in [1.807, 2.05) is 0 Å². The number of hydrogen-bond donors (Lipinski definition) is 0. The van der Waals surface area contributed by atoms with Crippen molar-refractivity contribution in [1.29, 1.82) is 0 Å². The summed E-state index contributed by atoms with van der Waals surface area (Å²) in [7, 11) is 0. The molecule has 0 saturated carbocycles. The van der Waals surface area contributed by atoms with E-state index in [4.69, 9.17) is 0 Å². The van der Waals surface area contributed by atoms with Gasteiger partial charge in [-0.2, -0.15) is 39.5 Å². The van der Waals surface area contributed by atoms with E-state index in [0.717, 1.165) is 12.1 Å². The fourth-order valence-electron chi connectivity index (χ4n) is 1.34. The van der Waals surface area contributed by atoms with Crippen molar-refractivity contribution >= 4 is 15.9 Å². The van der Waals surface area contributed by atoms with Crippen LogP contribution in [0.5, 0.6) is 5.75 Å². The van der Waals surface area contributed by atoms with Crippen LogP contribution in [0.1, 0.15) is 0 Å². The summed E-state index contributed by atoms with van der Waals surface area (Å²) in [4.78, 5) is 0. The van der Waals surface area contributed by atoms with Crippen molar-refractivity contribution in [2.24, 2.45) is 0 Å². The second kappa shape index (κ2) is 5.25. The zero-order valence-corrected chi connectivity index (χ0v) is 11.1. The number of ether oxygens (including phenoxy) is 1. The molecule has 0 aliphatic carbocycles. The average Bonchev–Trinajstić information content (AvgIpc) is 2.22. The van der Waals surface area contributed by atoms with E-state index >= 15 is 0 Å². The SMILES string of the molecule is FC(F)(F)C(Oc1ccc(Br)cc1)(C(F)(F)F)C(F)(F)F. The van der Waals surface area contributed by atoms with E-state index in [2.05, 4.69) is 20.7 Å². The summed E-state index contributed by atoms with van der Waals surface area (Å²) in [5.41, 5.74) is -6.30. The zero-order valence-electron chi connectivity index (χ0n) is 9.50. The van der Waals surface area contributed by atoms with Crippen LogP contribution in [0.2, 0.25) is 0 Å². The van der Waals surface area contributed by atoms with Gasteiger partial charge in [-0.3, -0.25) is 0 Å². The van der Waals surface area contributed by atoms with Crippen LogP contribution in [-0.4, -0.2) is 24.1 Å². The Bertz CT molecular complexity index is 449. The molecule has 0 atom stereocenters. The van der Waals surface area contributed by atoms with E-state index in [9.17, 15) is 39.5 Å². The Kier molecular flexibility index (Phi) is 4.48. The Labute approximate surface area is 119 Å². The van der Waals surface area contributed by atoms with Gasteiger partial charge in [-0.25, -0.2) is 0 Å². The normalized spacial score (nSPS) is 14.2. The first-order valence-electron chi connectivity index (χ1n) is 4.87. The van der Waals surface area contributed by atoms with Crippen molar-refractivity contribution in [1.82, 2.24) is 0 Å². The molecule has 0 aliphatic rings. The van der Waals surface area contributed by atoms with E-state index in [1.165, 1.54) is 0 Å². The van der Waals surface area contributed by atoms with Gasteiger partial charge in [0.15, 0.2) is 0 Å². The molecule has 11 heteroatoms. The predicted molar refractivity (Wildman–Crippen MR) is 55.7 cm³/mol.